The summed E-state index contributed by atoms with van der Waals surface area (Å²) in [7, 11) is 0. The van der Waals surface area contributed by atoms with Crippen LogP contribution < -0.4 is 10.9 Å². The summed E-state index contributed by atoms with van der Waals surface area (Å²) in [5.41, 5.74) is 3.78. The van der Waals surface area contributed by atoms with Crippen molar-refractivity contribution in [3.8, 4) is 0 Å². The largest absolute Gasteiger partial charge is 0.351 e. The number of benzene rings is 1. The molecular weight excluding hydrogens is 326 g/mol. The molecule has 26 heavy (non-hydrogen) atoms. The van der Waals surface area contributed by atoms with E-state index in [1.807, 2.05) is 6.92 Å². The van der Waals surface area contributed by atoms with Crippen LogP contribution in [0.15, 0.2) is 41.2 Å². The Kier molecular flexibility index (Phi) is 5.89. The van der Waals surface area contributed by atoms with E-state index in [4.69, 9.17) is 0 Å². The van der Waals surface area contributed by atoms with E-state index in [9.17, 15) is 9.59 Å². The Bertz CT molecular complexity index is 828. The maximum absolute atomic E-state index is 12.3. The monoisotopic (exact) mass is 353 g/mol. The highest BCUT2D eigenvalue weighted by atomic mass is 16.2. The number of aromatic nitrogens is 1. The molecule has 1 aliphatic heterocycles. The average Bonchev–Trinajstić information content (AvgIpc) is 3.10. The van der Waals surface area contributed by atoms with Gasteiger partial charge < -0.3 is 15.2 Å². The Balaban J connectivity index is 1.50. The fourth-order valence-corrected chi connectivity index (χ4v) is 3.69. The quantitative estimate of drug-likeness (QED) is 0.838. The van der Waals surface area contributed by atoms with Gasteiger partial charge >= 0.3 is 0 Å². The molecule has 5 nitrogen and oxygen atoms in total. The van der Waals surface area contributed by atoms with Crippen molar-refractivity contribution < 1.29 is 4.79 Å². The lowest BCUT2D eigenvalue weighted by atomic mass is 9.94. The Labute approximate surface area is 154 Å². The minimum atomic E-state index is -0.227. The first-order chi connectivity index (χ1) is 12.6. The molecule has 1 atom stereocenters. The summed E-state index contributed by atoms with van der Waals surface area (Å²) in [4.78, 5) is 29.0. The van der Waals surface area contributed by atoms with Crippen LogP contribution in [0.1, 0.15) is 46.4 Å². The molecule has 0 aliphatic carbocycles. The molecule has 0 bridgehead atoms. The number of hydrogen-bond acceptors (Lipinski definition) is 3. The van der Waals surface area contributed by atoms with E-state index < -0.39 is 0 Å². The van der Waals surface area contributed by atoms with Crippen molar-refractivity contribution in [3.63, 3.8) is 0 Å². The lowest BCUT2D eigenvalue weighted by Crippen LogP contribution is -2.34. The Morgan fingerprint density at radius 1 is 1.31 bits per heavy atom. The molecule has 1 amide bonds. The fourth-order valence-electron chi connectivity index (χ4n) is 3.69. The number of nitrogens with one attached hydrogen (secondary N) is 2. The smallest absolute Gasteiger partial charge is 0.251 e. The van der Waals surface area contributed by atoms with E-state index in [1.54, 1.807) is 6.07 Å². The third-order valence-electron chi connectivity index (χ3n) is 5.16. The van der Waals surface area contributed by atoms with Gasteiger partial charge in [0.2, 0.25) is 5.56 Å². The summed E-state index contributed by atoms with van der Waals surface area (Å²) >= 11 is 0. The number of aryl methyl sites for hydroxylation is 2. The van der Waals surface area contributed by atoms with Crippen molar-refractivity contribution >= 4 is 5.91 Å². The minimum Gasteiger partial charge on any atom is -0.351 e. The Hall–Kier alpha value is -2.40. The lowest BCUT2D eigenvalue weighted by molar-refractivity contribution is 0.0949. The number of aromatic amines is 1. The maximum atomic E-state index is 12.3. The molecule has 5 heteroatoms. The normalized spacial score (nSPS) is 17.4. The Morgan fingerprint density at radius 3 is 2.88 bits per heavy atom. The first-order valence-electron chi connectivity index (χ1n) is 9.36. The molecule has 1 fully saturated rings. The SMILES string of the molecule is CCc1cc(C(=O)NCCN2CC[C@@H](c3ccccc3C)C2)cc(=O)[nH]1. The van der Waals surface area contributed by atoms with E-state index in [1.165, 1.54) is 17.2 Å². The van der Waals surface area contributed by atoms with Gasteiger partial charge in [-0.2, -0.15) is 0 Å². The minimum absolute atomic E-state index is 0.180. The number of rotatable bonds is 6. The molecule has 2 aromatic rings. The number of carbonyl (C=O) groups excluding carboxylic acids is 1. The fraction of sp³-hybridized carbons (Fsp3) is 0.429. The van der Waals surface area contributed by atoms with Crippen molar-refractivity contribution in [2.75, 3.05) is 26.2 Å². The highest BCUT2D eigenvalue weighted by molar-refractivity contribution is 5.94. The molecule has 3 rings (SSSR count). The van der Waals surface area contributed by atoms with Crippen LogP contribution in [0.3, 0.4) is 0 Å². The zero-order valence-corrected chi connectivity index (χ0v) is 15.5. The van der Waals surface area contributed by atoms with E-state index in [0.717, 1.165) is 31.7 Å². The third kappa shape index (κ3) is 4.41. The van der Waals surface area contributed by atoms with Gasteiger partial charge in [-0.15, -0.1) is 0 Å². The first kappa shape index (κ1) is 18.4. The third-order valence-corrected chi connectivity index (χ3v) is 5.16. The van der Waals surface area contributed by atoms with Gasteiger partial charge in [0.05, 0.1) is 0 Å². The average molecular weight is 353 g/mol. The van der Waals surface area contributed by atoms with E-state index >= 15 is 0 Å². The highest BCUT2D eigenvalue weighted by Crippen LogP contribution is 2.28. The molecule has 0 spiro atoms. The van der Waals surface area contributed by atoms with Crippen LogP contribution >= 0.6 is 0 Å². The molecule has 138 valence electrons. The topological polar surface area (TPSA) is 65.2 Å². The standard InChI is InChI=1S/C21H27N3O2/c1-3-18-12-17(13-20(25)23-18)21(26)22-9-11-24-10-8-16(14-24)19-7-5-4-6-15(19)2/h4-7,12-13,16H,3,8-11,14H2,1-2H3,(H,22,26)(H,23,25)/t16-/m1/s1. The molecular formula is C21H27N3O2. The summed E-state index contributed by atoms with van der Waals surface area (Å²) in [5.74, 6) is 0.396. The molecule has 1 saturated heterocycles. The number of hydrogen-bond donors (Lipinski definition) is 2. The summed E-state index contributed by atoms with van der Waals surface area (Å²) in [5, 5.41) is 2.94. The number of pyridine rings is 1. The van der Waals surface area contributed by atoms with Crippen LogP contribution in [0.4, 0.5) is 0 Å². The zero-order valence-electron chi connectivity index (χ0n) is 15.5. The van der Waals surface area contributed by atoms with Crippen LogP contribution in [0.2, 0.25) is 0 Å². The molecule has 0 radical (unpaired) electrons. The van der Waals surface area contributed by atoms with Crippen molar-refractivity contribution in [1.29, 1.82) is 0 Å². The number of nitrogens with zero attached hydrogens (tertiary/aromatic N) is 1. The van der Waals surface area contributed by atoms with E-state index in [0.29, 0.717) is 24.4 Å². The van der Waals surface area contributed by atoms with Crippen molar-refractivity contribution in [3.05, 3.63) is 69.1 Å². The van der Waals surface area contributed by atoms with Crippen molar-refractivity contribution in [2.45, 2.75) is 32.6 Å². The number of likely N-dealkylation sites (tertiary alicyclic amines) is 1. The lowest BCUT2D eigenvalue weighted by Gasteiger charge is -2.17. The van der Waals surface area contributed by atoms with Gasteiger partial charge in [-0.25, -0.2) is 0 Å². The second-order valence-corrected chi connectivity index (χ2v) is 7.01. The van der Waals surface area contributed by atoms with Gasteiger partial charge in [0.1, 0.15) is 0 Å². The van der Waals surface area contributed by atoms with E-state index in [-0.39, 0.29) is 11.5 Å². The summed E-state index contributed by atoms with van der Waals surface area (Å²) in [6, 6.07) is 11.7. The predicted molar refractivity (Wildman–Crippen MR) is 104 cm³/mol. The highest BCUT2D eigenvalue weighted by Gasteiger charge is 2.24. The maximum Gasteiger partial charge on any atom is 0.251 e. The molecule has 2 N–H and O–H groups in total. The summed E-state index contributed by atoms with van der Waals surface area (Å²) < 4.78 is 0. The van der Waals surface area contributed by atoms with Crippen LogP contribution in [0, 0.1) is 6.92 Å². The van der Waals surface area contributed by atoms with Gasteiger partial charge in [0.25, 0.3) is 5.91 Å². The second kappa shape index (κ2) is 8.32. The molecule has 1 aromatic carbocycles. The van der Waals surface area contributed by atoms with Crippen molar-refractivity contribution in [1.82, 2.24) is 15.2 Å². The second-order valence-electron chi connectivity index (χ2n) is 7.01. The zero-order chi connectivity index (χ0) is 18.5. The van der Waals surface area contributed by atoms with Gasteiger partial charge in [0.15, 0.2) is 0 Å². The molecule has 0 unspecified atom stereocenters. The number of H-pyrrole nitrogens is 1. The van der Waals surface area contributed by atoms with Crippen LogP contribution in [0.5, 0.6) is 0 Å². The van der Waals surface area contributed by atoms with Gasteiger partial charge in [-0.1, -0.05) is 31.2 Å². The van der Waals surface area contributed by atoms with Gasteiger partial charge in [0, 0.05) is 37.0 Å². The Morgan fingerprint density at radius 2 is 2.12 bits per heavy atom. The molecule has 1 aliphatic rings. The summed E-state index contributed by atoms with van der Waals surface area (Å²) in [6.07, 6.45) is 1.86. The van der Waals surface area contributed by atoms with Gasteiger partial charge in [-0.05, 0) is 49.4 Å². The van der Waals surface area contributed by atoms with E-state index in [2.05, 4.69) is 46.4 Å². The predicted octanol–water partition coefficient (Wildman–Crippen LogP) is 2.47. The van der Waals surface area contributed by atoms with Crippen LogP contribution in [0.25, 0.3) is 0 Å². The first-order valence-corrected chi connectivity index (χ1v) is 9.36. The number of amides is 1. The molecule has 0 saturated carbocycles. The van der Waals surface area contributed by atoms with Crippen LogP contribution in [-0.4, -0.2) is 42.0 Å². The molecule has 1 aromatic heterocycles. The van der Waals surface area contributed by atoms with Crippen LogP contribution in [-0.2, 0) is 6.42 Å². The number of carbonyl (C=O) groups is 1. The van der Waals surface area contributed by atoms with Gasteiger partial charge in [-0.3, -0.25) is 9.59 Å². The summed E-state index contributed by atoms with van der Waals surface area (Å²) in [6.45, 7) is 7.63. The molecule has 2 heterocycles. The van der Waals surface area contributed by atoms with Crippen molar-refractivity contribution in [2.24, 2.45) is 0 Å².